The normalized spacial score (nSPS) is 27.1. The first-order chi connectivity index (χ1) is 28.5. The maximum atomic E-state index is 2.93. The van der Waals surface area contributed by atoms with Crippen LogP contribution in [0.4, 0.5) is 39.8 Å². The van der Waals surface area contributed by atoms with E-state index in [9.17, 15) is 0 Å². The molecule has 294 valence electrons. The maximum absolute atomic E-state index is 2.93. The van der Waals surface area contributed by atoms with Crippen LogP contribution < -0.4 is 31.1 Å². The Bertz CT molecular complexity index is 2700. The SMILES string of the molecule is CC(C)(C)c1cc2c3c(c1)C1(C)CCCCC1(C)N3c1cc(N3c4ccccc4C4(c5ccccc5)CCCCC34C)cc3c1B2c1ccccc1N3c1ccccc1. The summed E-state index contributed by atoms with van der Waals surface area (Å²) in [5.74, 6) is 0. The van der Waals surface area contributed by atoms with Gasteiger partial charge in [0.05, 0.1) is 11.1 Å². The van der Waals surface area contributed by atoms with Crippen LogP contribution in [0.1, 0.15) is 115 Å². The first kappa shape index (κ1) is 35.7. The molecule has 4 aliphatic heterocycles. The number of nitrogens with zero attached hydrogens (tertiary/aromatic N) is 3. The molecular weight excluding hydrogens is 713 g/mol. The van der Waals surface area contributed by atoms with Crippen LogP contribution >= 0.6 is 0 Å². The second-order valence-corrected chi connectivity index (χ2v) is 20.5. The molecule has 0 bridgehead atoms. The average molecular weight is 770 g/mol. The second kappa shape index (κ2) is 12.0. The number of anilines is 7. The quantitative estimate of drug-likeness (QED) is 0.166. The van der Waals surface area contributed by atoms with Crippen LogP contribution in [0.15, 0.2) is 133 Å². The lowest BCUT2D eigenvalue weighted by atomic mass is 9.33. The van der Waals surface area contributed by atoms with E-state index in [0.717, 1.165) is 12.8 Å². The number of rotatable bonds is 3. The highest BCUT2D eigenvalue weighted by Gasteiger charge is 2.64. The number of fused-ring (bicyclic) bond motifs is 10. The first-order valence-corrected chi connectivity index (χ1v) is 22.6. The van der Waals surface area contributed by atoms with Gasteiger partial charge in [-0.3, -0.25) is 0 Å². The van der Waals surface area contributed by atoms with Crippen LogP contribution in [-0.4, -0.2) is 17.8 Å². The monoisotopic (exact) mass is 769 g/mol. The fraction of sp³-hybridized carbons (Fsp3) is 0.345. The van der Waals surface area contributed by atoms with Gasteiger partial charge in [0.2, 0.25) is 0 Å². The van der Waals surface area contributed by atoms with Crippen molar-refractivity contribution in [1.82, 2.24) is 0 Å². The summed E-state index contributed by atoms with van der Waals surface area (Å²) in [6.45, 7) is 15.2. The van der Waals surface area contributed by atoms with Crippen molar-refractivity contribution in [2.75, 3.05) is 14.7 Å². The number of para-hydroxylation sites is 3. The molecule has 12 rings (SSSR count). The van der Waals surface area contributed by atoms with Gasteiger partial charge < -0.3 is 14.7 Å². The predicted octanol–water partition coefficient (Wildman–Crippen LogP) is 12.1. The summed E-state index contributed by atoms with van der Waals surface area (Å²) in [5.41, 5.74) is 19.5. The van der Waals surface area contributed by atoms with E-state index in [-0.39, 0.29) is 34.0 Å². The van der Waals surface area contributed by atoms with Crippen LogP contribution in [0.2, 0.25) is 0 Å². The van der Waals surface area contributed by atoms with Gasteiger partial charge in [0.25, 0.3) is 6.71 Å². The molecule has 6 aromatic carbocycles. The predicted molar refractivity (Wildman–Crippen MR) is 250 cm³/mol. The Morgan fingerprint density at radius 2 is 1.14 bits per heavy atom. The van der Waals surface area contributed by atoms with Crippen molar-refractivity contribution >= 4 is 62.9 Å². The summed E-state index contributed by atoms with van der Waals surface area (Å²) in [6.07, 6.45) is 9.71. The molecule has 0 aromatic heterocycles. The third-order valence-corrected chi connectivity index (χ3v) is 16.8. The van der Waals surface area contributed by atoms with E-state index < -0.39 is 0 Å². The van der Waals surface area contributed by atoms with Crippen molar-refractivity contribution in [1.29, 1.82) is 0 Å². The van der Waals surface area contributed by atoms with Crippen LogP contribution in [0.5, 0.6) is 0 Å². The second-order valence-electron chi connectivity index (χ2n) is 20.5. The minimum absolute atomic E-state index is 0.0292. The number of hydrogen-bond donors (Lipinski definition) is 0. The topological polar surface area (TPSA) is 9.72 Å². The van der Waals surface area contributed by atoms with Gasteiger partial charge in [-0.15, -0.1) is 0 Å². The summed E-state index contributed by atoms with van der Waals surface area (Å²) in [5, 5.41) is 0. The fourth-order valence-electron chi connectivity index (χ4n) is 13.8. The average Bonchev–Trinajstić information content (AvgIpc) is 3.62. The molecule has 4 atom stereocenters. The molecule has 6 aliphatic rings. The molecule has 0 N–H and O–H groups in total. The Balaban J connectivity index is 1.21. The molecule has 2 aliphatic carbocycles. The van der Waals surface area contributed by atoms with Crippen LogP contribution in [0, 0.1) is 0 Å². The molecule has 0 radical (unpaired) electrons. The molecule has 0 saturated heterocycles. The third kappa shape index (κ3) is 4.36. The Morgan fingerprint density at radius 3 is 1.90 bits per heavy atom. The Kier molecular flexibility index (Phi) is 7.24. The summed E-state index contributed by atoms with van der Waals surface area (Å²) < 4.78 is 0. The van der Waals surface area contributed by atoms with Gasteiger partial charge in [0.15, 0.2) is 0 Å². The molecule has 4 heterocycles. The van der Waals surface area contributed by atoms with Crippen LogP contribution in [0.25, 0.3) is 0 Å². The van der Waals surface area contributed by atoms with Gasteiger partial charge in [0, 0.05) is 50.6 Å². The molecule has 3 nitrogen and oxygen atoms in total. The van der Waals surface area contributed by atoms with E-state index in [4.69, 9.17) is 0 Å². The molecule has 4 unspecified atom stereocenters. The first-order valence-electron chi connectivity index (χ1n) is 22.6. The van der Waals surface area contributed by atoms with E-state index in [1.54, 1.807) is 5.56 Å². The van der Waals surface area contributed by atoms with E-state index in [0.29, 0.717) is 0 Å². The lowest BCUT2D eigenvalue weighted by Gasteiger charge is -2.54. The molecular formula is C55H56BN3. The highest BCUT2D eigenvalue weighted by Crippen LogP contribution is 2.66. The largest absolute Gasteiger partial charge is 0.335 e. The zero-order chi connectivity index (χ0) is 40.1. The lowest BCUT2D eigenvalue weighted by Crippen LogP contribution is -2.64. The van der Waals surface area contributed by atoms with Gasteiger partial charge in [-0.05, 0) is 120 Å². The highest BCUT2D eigenvalue weighted by atomic mass is 15.3. The third-order valence-electron chi connectivity index (χ3n) is 16.8. The molecule has 4 heteroatoms. The molecule has 2 saturated carbocycles. The zero-order valence-electron chi connectivity index (χ0n) is 35.8. The van der Waals surface area contributed by atoms with Crippen molar-refractivity contribution < 1.29 is 0 Å². The van der Waals surface area contributed by atoms with Crippen molar-refractivity contribution in [3.05, 3.63) is 156 Å². The molecule has 2 fully saturated rings. The Morgan fingerprint density at radius 1 is 0.508 bits per heavy atom. The van der Waals surface area contributed by atoms with Crippen molar-refractivity contribution in [3.8, 4) is 0 Å². The van der Waals surface area contributed by atoms with Gasteiger partial charge in [-0.25, -0.2) is 0 Å². The minimum atomic E-state index is -0.158. The van der Waals surface area contributed by atoms with E-state index in [1.165, 1.54) is 111 Å². The van der Waals surface area contributed by atoms with Gasteiger partial charge >= 0.3 is 0 Å². The number of hydrogen-bond acceptors (Lipinski definition) is 3. The van der Waals surface area contributed by atoms with Crippen LogP contribution in [-0.2, 0) is 16.2 Å². The van der Waals surface area contributed by atoms with Crippen molar-refractivity contribution in [2.24, 2.45) is 0 Å². The molecule has 0 amide bonds. The van der Waals surface area contributed by atoms with E-state index >= 15 is 0 Å². The van der Waals surface area contributed by atoms with Gasteiger partial charge in [0.1, 0.15) is 0 Å². The summed E-state index contributed by atoms with van der Waals surface area (Å²) in [6, 6.07) is 52.1. The smallest absolute Gasteiger partial charge is 0.252 e. The highest BCUT2D eigenvalue weighted by molar-refractivity contribution is 7.00. The van der Waals surface area contributed by atoms with Crippen LogP contribution in [0.3, 0.4) is 0 Å². The fourth-order valence-corrected chi connectivity index (χ4v) is 13.8. The zero-order valence-corrected chi connectivity index (χ0v) is 35.8. The lowest BCUT2D eigenvalue weighted by molar-refractivity contribution is 0.195. The van der Waals surface area contributed by atoms with Gasteiger partial charge in [-0.2, -0.15) is 0 Å². The van der Waals surface area contributed by atoms with E-state index in [2.05, 4.69) is 190 Å². The number of benzene rings is 6. The molecule has 0 spiro atoms. The van der Waals surface area contributed by atoms with Gasteiger partial charge in [-0.1, -0.05) is 150 Å². The molecule has 6 aromatic rings. The minimum Gasteiger partial charge on any atom is -0.335 e. The maximum Gasteiger partial charge on any atom is 0.252 e. The van der Waals surface area contributed by atoms with E-state index in [1.807, 2.05) is 0 Å². The summed E-state index contributed by atoms with van der Waals surface area (Å²) in [7, 11) is 0. The summed E-state index contributed by atoms with van der Waals surface area (Å²) >= 11 is 0. The molecule has 59 heavy (non-hydrogen) atoms. The summed E-state index contributed by atoms with van der Waals surface area (Å²) in [4.78, 5) is 8.37. The van der Waals surface area contributed by atoms with Crippen molar-refractivity contribution in [2.45, 2.75) is 120 Å². The Hall–Kier alpha value is -5.22. The standard InChI is InChI=1S/C55H56BN3/c1-51(2,3)38-33-42-50-44(34-38)56-43-26-14-16-28-46(43)57(39-23-11-8-12-24-39)47-35-40(36-48(49(47)56)59(50)53(5)30-18-17-29-52(42,53)4)58-45-27-15-13-25-41(45)55(37-21-9-7-10-22-37)32-20-19-31-54(55,58)6/h7-16,21-28,33-36H,17-20,29-32H2,1-6H3. The Labute approximate surface area is 352 Å². The van der Waals surface area contributed by atoms with Crippen molar-refractivity contribution in [3.63, 3.8) is 0 Å².